The molecule has 1 atom stereocenters. The van der Waals surface area contributed by atoms with Gasteiger partial charge in [-0.15, -0.1) is 0 Å². The van der Waals surface area contributed by atoms with E-state index in [0.29, 0.717) is 10.6 Å². The molecule has 0 N–H and O–H groups in total. The Balaban J connectivity index is 2.79. The molecule has 0 heterocycles. The Morgan fingerprint density at radius 1 is 1.40 bits per heavy atom. The van der Waals surface area contributed by atoms with Crippen LogP contribution in [0.5, 0.6) is 0 Å². The number of hydrogen-bond acceptors (Lipinski definition) is 2. The zero-order valence-electron chi connectivity index (χ0n) is 8.70. The van der Waals surface area contributed by atoms with E-state index in [1.54, 1.807) is 24.3 Å². The Bertz CT molecular complexity index is 388. The standard InChI is InChI=1S/C11H13ClO2S/c1-8(2)15(14)7-11(13)9-5-3-4-6-10(9)12/h3-6,8H,7H2,1-2H3. The molecule has 0 aliphatic rings. The van der Waals surface area contributed by atoms with Gasteiger partial charge in [0.15, 0.2) is 5.78 Å². The summed E-state index contributed by atoms with van der Waals surface area (Å²) in [6.07, 6.45) is 0. The Labute approximate surface area is 97.1 Å². The molecule has 4 heteroatoms. The minimum Gasteiger partial charge on any atom is -0.293 e. The van der Waals surface area contributed by atoms with Crippen LogP contribution in [-0.2, 0) is 10.8 Å². The lowest BCUT2D eigenvalue weighted by Crippen LogP contribution is -2.17. The summed E-state index contributed by atoms with van der Waals surface area (Å²) in [7, 11) is -1.12. The zero-order chi connectivity index (χ0) is 11.4. The third-order valence-electron chi connectivity index (χ3n) is 1.97. The van der Waals surface area contributed by atoms with Crippen molar-refractivity contribution in [2.75, 3.05) is 5.75 Å². The van der Waals surface area contributed by atoms with Crippen molar-refractivity contribution in [3.05, 3.63) is 34.9 Å². The predicted molar refractivity (Wildman–Crippen MR) is 63.9 cm³/mol. The third kappa shape index (κ3) is 3.43. The molecule has 0 saturated carbocycles. The normalized spacial score (nSPS) is 12.8. The Morgan fingerprint density at radius 2 is 2.00 bits per heavy atom. The van der Waals surface area contributed by atoms with Gasteiger partial charge in [0.1, 0.15) is 0 Å². The molecule has 0 aromatic heterocycles. The number of hydrogen-bond donors (Lipinski definition) is 0. The van der Waals surface area contributed by atoms with Gasteiger partial charge in [-0.05, 0) is 12.1 Å². The molecule has 0 fully saturated rings. The molecule has 1 aromatic rings. The molecule has 0 bridgehead atoms. The molecule has 0 spiro atoms. The van der Waals surface area contributed by atoms with Crippen molar-refractivity contribution in [2.45, 2.75) is 19.1 Å². The van der Waals surface area contributed by atoms with Crippen LogP contribution in [0.2, 0.25) is 5.02 Å². The number of benzene rings is 1. The van der Waals surface area contributed by atoms with E-state index < -0.39 is 10.8 Å². The fourth-order valence-electron chi connectivity index (χ4n) is 1.06. The summed E-state index contributed by atoms with van der Waals surface area (Å²) >= 11 is 5.86. The van der Waals surface area contributed by atoms with E-state index in [0.717, 1.165) is 0 Å². The highest BCUT2D eigenvalue weighted by Crippen LogP contribution is 2.16. The van der Waals surface area contributed by atoms with Crippen LogP contribution in [0.15, 0.2) is 24.3 Å². The van der Waals surface area contributed by atoms with Crippen molar-refractivity contribution < 1.29 is 9.00 Å². The largest absolute Gasteiger partial charge is 0.293 e. The average Bonchev–Trinajstić information content (AvgIpc) is 2.18. The fraction of sp³-hybridized carbons (Fsp3) is 0.364. The number of Topliss-reactive ketones (excluding diaryl/α,β-unsaturated/α-hetero) is 1. The van der Waals surface area contributed by atoms with Crippen molar-refractivity contribution in [2.24, 2.45) is 0 Å². The van der Waals surface area contributed by atoms with Crippen LogP contribution in [0.25, 0.3) is 0 Å². The van der Waals surface area contributed by atoms with Crippen LogP contribution < -0.4 is 0 Å². The van der Waals surface area contributed by atoms with E-state index in [1.807, 2.05) is 13.8 Å². The second kappa shape index (κ2) is 5.42. The van der Waals surface area contributed by atoms with Gasteiger partial charge in [0.05, 0.1) is 10.8 Å². The average molecular weight is 245 g/mol. The van der Waals surface area contributed by atoms with Gasteiger partial charge < -0.3 is 0 Å². The molecule has 0 radical (unpaired) electrons. The molecular formula is C11H13ClO2S. The van der Waals surface area contributed by atoms with Gasteiger partial charge in [0.2, 0.25) is 0 Å². The lowest BCUT2D eigenvalue weighted by atomic mass is 10.1. The van der Waals surface area contributed by atoms with Crippen molar-refractivity contribution in [1.29, 1.82) is 0 Å². The first-order chi connectivity index (χ1) is 7.02. The highest BCUT2D eigenvalue weighted by atomic mass is 35.5. The molecule has 0 aliphatic carbocycles. The summed E-state index contributed by atoms with van der Waals surface area (Å²) in [5, 5.41) is 0.416. The van der Waals surface area contributed by atoms with E-state index in [-0.39, 0.29) is 16.8 Å². The second-order valence-corrected chi connectivity index (χ2v) is 5.88. The van der Waals surface area contributed by atoms with Gasteiger partial charge in [-0.25, -0.2) is 0 Å². The van der Waals surface area contributed by atoms with Crippen molar-refractivity contribution in [3.63, 3.8) is 0 Å². The summed E-state index contributed by atoms with van der Waals surface area (Å²) < 4.78 is 11.5. The Kier molecular flexibility index (Phi) is 4.48. The summed E-state index contributed by atoms with van der Waals surface area (Å²) in [4.78, 5) is 11.7. The maximum absolute atomic E-state index is 11.7. The van der Waals surface area contributed by atoms with E-state index in [4.69, 9.17) is 11.6 Å². The quantitative estimate of drug-likeness (QED) is 0.764. The summed E-state index contributed by atoms with van der Waals surface area (Å²) in [6.45, 7) is 3.66. The lowest BCUT2D eigenvalue weighted by molar-refractivity contribution is 0.102. The first-order valence-electron chi connectivity index (χ1n) is 4.67. The number of carbonyl (C=O) groups is 1. The van der Waals surface area contributed by atoms with Gasteiger partial charge in [0.25, 0.3) is 0 Å². The molecule has 0 aliphatic heterocycles. The molecule has 0 saturated heterocycles. The van der Waals surface area contributed by atoms with Gasteiger partial charge in [-0.3, -0.25) is 9.00 Å². The molecule has 1 unspecified atom stereocenters. The number of halogens is 1. The van der Waals surface area contributed by atoms with Crippen LogP contribution in [0.1, 0.15) is 24.2 Å². The molecule has 82 valence electrons. The fourth-order valence-corrected chi connectivity index (χ4v) is 2.05. The molecule has 0 amide bonds. The number of ketones is 1. The first kappa shape index (κ1) is 12.4. The highest BCUT2D eigenvalue weighted by molar-refractivity contribution is 7.86. The van der Waals surface area contributed by atoms with E-state index in [9.17, 15) is 9.00 Å². The second-order valence-electron chi connectivity index (χ2n) is 3.48. The van der Waals surface area contributed by atoms with Crippen molar-refractivity contribution >= 4 is 28.2 Å². The zero-order valence-corrected chi connectivity index (χ0v) is 10.3. The summed E-state index contributed by atoms with van der Waals surface area (Å²) in [6, 6.07) is 6.82. The third-order valence-corrected chi connectivity index (χ3v) is 3.90. The van der Waals surface area contributed by atoms with Crippen LogP contribution in [0.3, 0.4) is 0 Å². The lowest BCUT2D eigenvalue weighted by Gasteiger charge is -2.05. The van der Waals surface area contributed by atoms with Crippen LogP contribution in [0, 0.1) is 0 Å². The summed E-state index contributed by atoms with van der Waals surface area (Å²) in [5.41, 5.74) is 0.452. The molecule has 15 heavy (non-hydrogen) atoms. The first-order valence-corrected chi connectivity index (χ1v) is 6.43. The number of carbonyl (C=O) groups excluding carboxylic acids is 1. The minimum atomic E-state index is -1.12. The molecule has 2 nitrogen and oxygen atoms in total. The smallest absolute Gasteiger partial charge is 0.176 e. The molecule has 1 aromatic carbocycles. The van der Waals surface area contributed by atoms with Crippen LogP contribution in [-0.4, -0.2) is 21.0 Å². The predicted octanol–water partition coefficient (Wildman–Crippen LogP) is 2.68. The Hall–Kier alpha value is -0.670. The van der Waals surface area contributed by atoms with E-state index in [2.05, 4.69) is 0 Å². The maximum atomic E-state index is 11.7. The maximum Gasteiger partial charge on any atom is 0.176 e. The van der Waals surface area contributed by atoms with E-state index >= 15 is 0 Å². The SMILES string of the molecule is CC(C)S(=O)CC(=O)c1ccccc1Cl. The van der Waals surface area contributed by atoms with Gasteiger partial charge >= 0.3 is 0 Å². The van der Waals surface area contributed by atoms with Crippen LogP contribution in [0.4, 0.5) is 0 Å². The minimum absolute atomic E-state index is 0.00330. The van der Waals surface area contributed by atoms with Gasteiger partial charge in [-0.2, -0.15) is 0 Å². The molecule has 1 rings (SSSR count). The van der Waals surface area contributed by atoms with Crippen LogP contribution >= 0.6 is 11.6 Å². The van der Waals surface area contributed by atoms with Gasteiger partial charge in [0, 0.05) is 21.6 Å². The van der Waals surface area contributed by atoms with Crippen molar-refractivity contribution in [1.82, 2.24) is 0 Å². The topological polar surface area (TPSA) is 34.1 Å². The van der Waals surface area contributed by atoms with Gasteiger partial charge in [-0.1, -0.05) is 37.6 Å². The monoisotopic (exact) mass is 244 g/mol. The van der Waals surface area contributed by atoms with Crippen molar-refractivity contribution in [3.8, 4) is 0 Å². The highest BCUT2D eigenvalue weighted by Gasteiger charge is 2.15. The van der Waals surface area contributed by atoms with E-state index in [1.165, 1.54) is 0 Å². The Morgan fingerprint density at radius 3 is 2.53 bits per heavy atom. The number of rotatable bonds is 4. The summed E-state index contributed by atoms with van der Waals surface area (Å²) in [5.74, 6) is -0.117. The molecular weight excluding hydrogens is 232 g/mol.